The first-order chi connectivity index (χ1) is 8.20. The molecule has 90 valence electrons. The molecule has 2 rings (SSSR count). The van der Waals surface area contributed by atoms with Gasteiger partial charge >= 0.3 is 0 Å². The molecule has 3 nitrogen and oxygen atoms in total. The van der Waals surface area contributed by atoms with Gasteiger partial charge in [0.1, 0.15) is 0 Å². The largest absolute Gasteiger partial charge is 0.318 e. The average molecular weight is 229 g/mol. The van der Waals surface area contributed by atoms with E-state index >= 15 is 0 Å². The molecule has 1 N–H and O–H groups in total. The van der Waals surface area contributed by atoms with Gasteiger partial charge in [0.2, 0.25) is 0 Å². The highest BCUT2D eigenvalue weighted by atomic mass is 15.5. The number of nitrogens with zero attached hydrogens (tertiary/aromatic N) is 2. The summed E-state index contributed by atoms with van der Waals surface area (Å²) < 4.78 is 0. The highest BCUT2D eigenvalue weighted by molar-refractivity contribution is 5.48. The Hall–Kier alpha value is -1.53. The summed E-state index contributed by atoms with van der Waals surface area (Å²) in [4.78, 5) is 0. The fourth-order valence-corrected chi connectivity index (χ4v) is 2.45. The summed E-state index contributed by atoms with van der Waals surface area (Å²) in [5.41, 5.74) is 5.14. The summed E-state index contributed by atoms with van der Waals surface area (Å²) in [6.07, 6.45) is 3.77. The lowest BCUT2D eigenvalue weighted by molar-refractivity contribution is 0.136. The lowest BCUT2D eigenvalue weighted by Gasteiger charge is -2.39. The summed E-state index contributed by atoms with van der Waals surface area (Å²) >= 11 is 0. The second-order valence-electron chi connectivity index (χ2n) is 4.84. The minimum Gasteiger partial charge on any atom is -0.318 e. The van der Waals surface area contributed by atoms with Crippen LogP contribution >= 0.6 is 0 Å². The molecule has 0 amide bonds. The summed E-state index contributed by atoms with van der Waals surface area (Å²) in [6.45, 7) is 4.49. The molecular weight excluding hydrogens is 210 g/mol. The van der Waals surface area contributed by atoms with Gasteiger partial charge in [-0.3, -0.25) is 0 Å². The molecule has 0 aliphatic carbocycles. The van der Waals surface area contributed by atoms with Crippen LogP contribution in [0.15, 0.2) is 24.3 Å². The zero-order valence-corrected chi connectivity index (χ0v) is 10.5. The Balaban J connectivity index is 2.11. The molecule has 1 aliphatic heterocycles. The molecule has 1 aromatic rings. The Bertz CT molecular complexity index is 412. The van der Waals surface area contributed by atoms with Crippen molar-refractivity contribution < 1.29 is 0 Å². The normalized spacial score (nSPS) is 25.2. The van der Waals surface area contributed by atoms with E-state index in [0.29, 0.717) is 17.6 Å². The Labute approximate surface area is 103 Å². The topological polar surface area (TPSA) is 39.1 Å². The van der Waals surface area contributed by atoms with E-state index in [9.17, 15) is 0 Å². The van der Waals surface area contributed by atoms with Crippen molar-refractivity contribution in [1.29, 1.82) is 5.26 Å². The smallest absolute Gasteiger partial charge is 0.0992 e. The van der Waals surface area contributed by atoms with Crippen molar-refractivity contribution in [3.8, 4) is 6.07 Å². The number of hydrazine groups is 1. The monoisotopic (exact) mass is 229 g/mol. The number of benzene rings is 1. The Morgan fingerprint density at radius 3 is 2.65 bits per heavy atom. The van der Waals surface area contributed by atoms with Crippen LogP contribution in [0, 0.1) is 11.3 Å². The lowest BCUT2D eigenvalue weighted by Crippen LogP contribution is -2.47. The van der Waals surface area contributed by atoms with Gasteiger partial charge in [-0.2, -0.15) is 5.26 Å². The highest BCUT2D eigenvalue weighted by Gasteiger charge is 2.24. The van der Waals surface area contributed by atoms with Crippen molar-refractivity contribution in [2.45, 2.75) is 45.2 Å². The molecule has 0 radical (unpaired) electrons. The summed E-state index contributed by atoms with van der Waals surface area (Å²) in [5, 5.41) is 11.2. The molecule has 2 unspecified atom stereocenters. The number of hydrogen-bond donors (Lipinski definition) is 1. The molecule has 1 aromatic carbocycles. The van der Waals surface area contributed by atoms with Gasteiger partial charge in [0.25, 0.3) is 0 Å². The van der Waals surface area contributed by atoms with Crippen LogP contribution in [-0.2, 0) is 0 Å². The van der Waals surface area contributed by atoms with Crippen molar-refractivity contribution in [1.82, 2.24) is 5.01 Å². The quantitative estimate of drug-likeness (QED) is 0.846. The molecule has 1 heterocycles. The third-order valence-corrected chi connectivity index (χ3v) is 3.44. The SMILES string of the molecule is CC1CCCC(C)N1Nc1cccc(C#N)c1. The third-order valence-electron chi connectivity index (χ3n) is 3.44. The first kappa shape index (κ1) is 11.9. The summed E-state index contributed by atoms with van der Waals surface area (Å²) in [7, 11) is 0. The number of rotatable bonds is 2. The lowest BCUT2D eigenvalue weighted by atomic mass is 10.00. The molecular formula is C14H19N3. The molecule has 2 atom stereocenters. The van der Waals surface area contributed by atoms with Crippen LogP contribution in [0.3, 0.4) is 0 Å². The molecule has 0 aromatic heterocycles. The van der Waals surface area contributed by atoms with E-state index in [2.05, 4.69) is 30.4 Å². The van der Waals surface area contributed by atoms with Crippen LogP contribution < -0.4 is 5.43 Å². The van der Waals surface area contributed by atoms with Crippen LogP contribution in [0.4, 0.5) is 5.69 Å². The Kier molecular flexibility index (Phi) is 3.65. The number of nitriles is 1. The first-order valence-corrected chi connectivity index (χ1v) is 6.26. The number of piperidine rings is 1. The van der Waals surface area contributed by atoms with Crippen LogP contribution in [-0.4, -0.2) is 17.1 Å². The number of anilines is 1. The van der Waals surface area contributed by atoms with Crippen molar-refractivity contribution in [2.75, 3.05) is 5.43 Å². The molecule has 1 fully saturated rings. The van der Waals surface area contributed by atoms with Gasteiger partial charge in [-0.15, -0.1) is 0 Å². The van der Waals surface area contributed by atoms with Gasteiger partial charge in [-0.1, -0.05) is 12.5 Å². The zero-order valence-electron chi connectivity index (χ0n) is 10.5. The molecule has 1 saturated heterocycles. The van der Waals surface area contributed by atoms with Crippen molar-refractivity contribution in [3.05, 3.63) is 29.8 Å². The van der Waals surface area contributed by atoms with Crippen molar-refractivity contribution in [2.24, 2.45) is 0 Å². The molecule has 0 spiro atoms. The number of nitrogens with one attached hydrogen (secondary N) is 1. The summed E-state index contributed by atoms with van der Waals surface area (Å²) in [5.74, 6) is 0. The Morgan fingerprint density at radius 2 is 2.00 bits per heavy atom. The van der Waals surface area contributed by atoms with Crippen LogP contribution in [0.2, 0.25) is 0 Å². The van der Waals surface area contributed by atoms with Gasteiger partial charge in [0.15, 0.2) is 0 Å². The Morgan fingerprint density at radius 1 is 1.29 bits per heavy atom. The summed E-state index contributed by atoms with van der Waals surface area (Å²) in [6, 6.07) is 10.9. The second-order valence-corrected chi connectivity index (χ2v) is 4.84. The van der Waals surface area contributed by atoms with Crippen molar-refractivity contribution in [3.63, 3.8) is 0 Å². The zero-order chi connectivity index (χ0) is 12.3. The fraction of sp³-hybridized carbons (Fsp3) is 0.500. The van der Waals surface area contributed by atoms with E-state index < -0.39 is 0 Å². The maximum absolute atomic E-state index is 8.88. The third kappa shape index (κ3) is 2.78. The standard InChI is InChI=1S/C14H19N3/c1-11-5-3-6-12(2)17(11)16-14-8-4-7-13(9-14)10-15/h4,7-9,11-12,16H,3,5-6H2,1-2H3. The van der Waals surface area contributed by atoms with Gasteiger partial charge in [0.05, 0.1) is 17.3 Å². The predicted molar refractivity (Wildman–Crippen MR) is 69.4 cm³/mol. The van der Waals surface area contributed by atoms with E-state index in [1.807, 2.05) is 24.3 Å². The van der Waals surface area contributed by atoms with Gasteiger partial charge < -0.3 is 5.43 Å². The highest BCUT2D eigenvalue weighted by Crippen LogP contribution is 2.23. The first-order valence-electron chi connectivity index (χ1n) is 6.26. The average Bonchev–Trinajstić information content (AvgIpc) is 2.34. The minimum absolute atomic E-state index is 0.546. The second kappa shape index (κ2) is 5.20. The fourth-order valence-electron chi connectivity index (χ4n) is 2.45. The molecule has 17 heavy (non-hydrogen) atoms. The molecule has 0 saturated carbocycles. The molecule has 3 heteroatoms. The minimum atomic E-state index is 0.546. The van der Waals surface area contributed by atoms with Crippen LogP contribution in [0.1, 0.15) is 38.7 Å². The van der Waals surface area contributed by atoms with Gasteiger partial charge in [-0.25, -0.2) is 5.01 Å². The van der Waals surface area contributed by atoms with E-state index in [1.54, 1.807) is 0 Å². The van der Waals surface area contributed by atoms with Crippen LogP contribution in [0.25, 0.3) is 0 Å². The van der Waals surface area contributed by atoms with E-state index in [-0.39, 0.29) is 0 Å². The predicted octanol–water partition coefficient (Wildman–Crippen LogP) is 3.15. The maximum Gasteiger partial charge on any atom is 0.0992 e. The maximum atomic E-state index is 8.88. The van der Waals surface area contributed by atoms with Gasteiger partial charge in [0, 0.05) is 12.1 Å². The molecule has 0 bridgehead atoms. The van der Waals surface area contributed by atoms with E-state index in [1.165, 1.54) is 19.3 Å². The van der Waals surface area contributed by atoms with E-state index in [0.717, 1.165) is 5.69 Å². The molecule has 1 aliphatic rings. The van der Waals surface area contributed by atoms with Crippen molar-refractivity contribution >= 4 is 5.69 Å². The van der Waals surface area contributed by atoms with E-state index in [4.69, 9.17) is 5.26 Å². The van der Waals surface area contributed by atoms with Crippen LogP contribution in [0.5, 0.6) is 0 Å². The van der Waals surface area contributed by atoms with Gasteiger partial charge in [-0.05, 0) is 44.9 Å². The number of hydrogen-bond acceptors (Lipinski definition) is 3.